The molecule has 2 heterocycles. The first-order valence-electron chi connectivity index (χ1n) is 10.7. The van der Waals surface area contributed by atoms with Crippen LogP contribution in [-0.2, 0) is 0 Å². The molecule has 1 saturated heterocycles. The molecule has 2 aromatic rings. The van der Waals surface area contributed by atoms with Crippen LogP contribution in [0.5, 0.6) is 0 Å². The van der Waals surface area contributed by atoms with E-state index in [1.807, 2.05) is 17.9 Å². The molecule has 1 aromatic carbocycles. The number of carbonyl (C=O) groups excluding carboxylic acids is 1. The summed E-state index contributed by atoms with van der Waals surface area (Å²) in [6.07, 6.45) is 4.40. The number of piperazine rings is 1. The monoisotopic (exact) mass is 414 g/mol. The van der Waals surface area contributed by atoms with Crippen molar-refractivity contribution >= 4 is 34.7 Å². The van der Waals surface area contributed by atoms with E-state index >= 15 is 0 Å². The molecular weight excluding hydrogens is 384 g/mol. The summed E-state index contributed by atoms with van der Waals surface area (Å²) in [7, 11) is 2.06. The normalized spacial score (nSPS) is 18.1. The van der Waals surface area contributed by atoms with Gasteiger partial charge >= 0.3 is 12.0 Å². The Bertz CT molecular complexity index is 928. The number of rotatable bonds is 5. The molecule has 9 heteroatoms. The second kappa shape index (κ2) is 8.51. The fourth-order valence-electron chi connectivity index (χ4n) is 4.54. The van der Waals surface area contributed by atoms with Crippen molar-refractivity contribution in [1.82, 2.24) is 19.8 Å². The minimum Gasteiger partial charge on any atom is -0.478 e. The lowest BCUT2D eigenvalue weighted by molar-refractivity contribution is 0.0697. The van der Waals surface area contributed by atoms with E-state index in [9.17, 15) is 14.7 Å². The lowest BCUT2D eigenvalue weighted by atomic mass is 10.1. The molecule has 2 fully saturated rings. The third-order valence-electron chi connectivity index (χ3n) is 6.27. The van der Waals surface area contributed by atoms with Crippen molar-refractivity contribution in [3.05, 3.63) is 17.7 Å². The SMILES string of the molecule is CCN(C(=O)Nc1nc2cc(N3CCN(C)CC3)c(C(=O)O)cc2[nH]1)C1CCCC1. The van der Waals surface area contributed by atoms with Gasteiger partial charge in [0.1, 0.15) is 0 Å². The van der Waals surface area contributed by atoms with Crippen LogP contribution in [0.25, 0.3) is 11.0 Å². The summed E-state index contributed by atoms with van der Waals surface area (Å²) in [5.41, 5.74) is 2.17. The van der Waals surface area contributed by atoms with Crippen molar-refractivity contribution in [1.29, 1.82) is 0 Å². The summed E-state index contributed by atoms with van der Waals surface area (Å²) in [4.78, 5) is 38.4. The zero-order chi connectivity index (χ0) is 21.3. The quantitative estimate of drug-likeness (QED) is 0.695. The van der Waals surface area contributed by atoms with E-state index in [4.69, 9.17) is 0 Å². The Morgan fingerprint density at radius 3 is 2.57 bits per heavy atom. The predicted molar refractivity (Wildman–Crippen MR) is 116 cm³/mol. The van der Waals surface area contributed by atoms with Crippen molar-refractivity contribution in [2.24, 2.45) is 0 Å². The maximum absolute atomic E-state index is 12.8. The van der Waals surface area contributed by atoms with Gasteiger partial charge in [0.05, 0.1) is 22.3 Å². The van der Waals surface area contributed by atoms with Crippen molar-refractivity contribution in [3.63, 3.8) is 0 Å². The summed E-state index contributed by atoms with van der Waals surface area (Å²) in [6.45, 7) is 5.93. The third kappa shape index (κ3) is 4.07. The highest BCUT2D eigenvalue weighted by Gasteiger charge is 2.26. The third-order valence-corrected chi connectivity index (χ3v) is 6.27. The summed E-state index contributed by atoms with van der Waals surface area (Å²) in [6, 6.07) is 3.54. The molecule has 1 aromatic heterocycles. The molecule has 0 spiro atoms. The molecule has 9 nitrogen and oxygen atoms in total. The highest BCUT2D eigenvalue weighted by molar-refractivity contribution is 6.00. The van der Waals surface area contributed by atoms with Gasteiger partial charge in [-0.2, -0.15) is 0 Å². The van der Waals surface area contributed by atoms with Crippen LogP contribution in [0.4, 0.5) is 16.4 Å². The number of carboxylic acids is 1. The number of anilines is 2. The number of hydrogen-bond acceptors (Lipinski definition) is 5. The summed E-state index contributed by atoms with van der Waals surface area (Å²) >= 11 is 0. The van der Waals surface area contributed by atoms with Gasteiger partial charge in [-0.05, 0) is 38.9 Å². The van der Waals surface area contributed by atoms with Crippen LogP contribution in [-0.4, -0.2) is 82.7 Å². The number of carboxylic acid groups (broad SMARTS) is 1. The van der Waals surface area contributed by atoms with Crippen molar-refractivity contribution in [3.8, 4) is 0 Å². The molecule has 30 heavy (non-hydrogen) atoms. The average molecular weight is 415 g/mol. The second-order valence-electron chi connectivity index (χ2n) is 8.22. The molecule has 1 aliphatic carbocycles. The molecule has 1 aliphatic heterocycles. The van der Waals surface area contributed by atoms with E-state index in [-0.39, 0.29) is 17.6 Å². The standard InChI is InChI=1S/C21H30N6O3/c1-3-27(14-6-4-5-7-14)21(30)24-20-22-16-12-15(19(28)29)18(13-17(16)23-20)26-10-8-25(2)9-11-26/h12-14H,3-11H2,1-2H3,(H,28,29)(H2,22,23,24,30). The molecule has 0 atom stereocenters. The van der Waals surface area contributed by atoms with Gasteiger partial charge in [-0.1, -0.05) is 12.8 Å². The number of H-pyrrole nitrogens is 1. The molecule has 0 unspecified atom stereocenters. The topological polar surface area (TPSA) is 105 Å². The number of aromatic carboxylic acids is 1. The van der Waals surface area contributed by atoms with Gasteiger partial charge in [0.25, 0.3) is 0 Å². The van der Waals surface area contributed by atoms with Gasteiger partial charge in [-0.25, -0.2) is 14.6 Å². The van der Waals surface area contributed by atoms with Crippen LogP contribution < -0.4 is 10.2 Å². The number of aromatic amines is 1. The van der Waals surface area contributed by atoms with E-state index in [0.29, 0.717) is 29.2 Å². The Hall–Kier alpha value is -2.81. The largest absolute Gasteiger partial charge is 0.478 e. The molecule has 162 valence electrons. The Balaban J connectivity index is 1.58. The molecular formula is C21H30N6O3. The number of likely N-dealkylation sites (N-methyl/N-ethyl adjacent to an activating group) is 1. The first-order valence-corrected chi connectivity index (χ1v) is 10.7. The number of nitrogens with zero attached hydrogens (tertiary/aromatic N) is 4. The highest BCUT2D eigenvalue weighted by Crippen LogP contribution is 2.29. The number of amides is 2. The van der Waals surface area contributed by atoms with E-state index in [0.717, 1.165) is 51.9 Å². The Morgan fingerprint density at radius 2 is 1.93 bits per heavy atom. The molecule has 0 bridgehead atoms. The van der Waals surface area contributed by atoms with Gasteiger partial charge in [0, 0.05) is 38.8 Å². The maximum Gasteiger partial charge on any atom is 0.337 e. The maximum atomic E-state index is 12.8. The number of benzene rings is 1. The summed E-state index contributed by atoms with van der Waals surface area (Å²) < 4.78 is 0. The minimum atomic E-state index is -0.968. The Morgan fingerprint density at radius 1 is 1.23 bits per heavy atom. The fraction of sp³-hybridized carbons (Fsp3) is 0.571. The van der Waals surface area contributed by atoms with Gasteiger partial charge in [-0.15, -0.1) is 0 Å². The average Bonchev–Trinajstić information content (AvgIpc) is 3.37. The fourth-order valence-corrected chi connectivity index (χ4v) is 4.54. The van der Waals surface area contributed by atoms with Gasteiger partial charge in [0.2, 0.25) is 5.95 Å². The molecule has 2 amide bonds. The first kappa shape index (κ1) is 20.5. The van der Waals surface area contributed by atoms with Gasteiger partial charge in [0.15, 0.2) is 0 Å². The van der Waals surface area contributed by atoms with Crippen LogP contribution in [0, 0.1) is 0 Å². The Kier molecular flexibility index (Phi) is 5.80. The number of carbonyl (C=O) groups is 2. The van der Waals surface area contributed by atoms with Crippen LogP contribution in [0.15, 0.2) is 12.1 Å². The molecule has 4 rings (SSSR count). The van der Waals surface area contributed by atoms with E-state index in [1.54, 1.807) is 6.07 Å². The molecule has 0 radical (unpaired) electrons. The lowest BCUT2D eigenvalue weighted by Crippen LogP contribution is -2.45. The van der Waals surface area contributed by atoms with Gasteiger partial charge in [-0.3, -0.25) is 5.32 Å². The number of urea groups is 1. The zero-order valence-electron chi connectivity index (χ0n) is 17.6. The Labute approximate surface area is 176 Å². The lowest BCUT2D eigenvalue weighted by Gasteiger charge is -2.34. The van der Waals surface area contributed by atoms with Crippen molar-refractivity contribution < 1.29 is 14.7 Å². The molecule has 2 aliphatic rings. The van der Waals surface area contributed by atoms with E-state index in [2.05, 4.69) is 32.1 Å². The highest BCUT2D eigenvalue weighted by atomic mass is 16.4. The van der Waals surface area contributed by atoms with Crippen LogP contribution >= 0.6 is 0 Å². The minimum absolute atomic E-state index is 0.166. The molecule has 1 saturated carbocycles. The van der Waals surface area contributed by atoms with E-state index < -0.39 is 5.97 Å². The van der Waals surface area contributed by atoms with E-state index in [1.165, 1.54) is 0 Å². The predicted octanol–water partition coefficient (Wildman–Crippen LogP) is 2.81. The summed E-state index contributed by atoms with van der Waals surface area (Å²) in [5, 5.41) is 12.6. The molecule has 3 N–H and O–H groups in total. The smallest absolute Gasteiger partial charge is 0.337 e. The van der Waals surface area contributed by atoms with Crippen LogP contribution in [0.3, 0.4) is 0 Å². The van der Waals surface area contributed by atoms with Crippen molar-refractivity contribution in [2.75, 3.05) is 50.0 Å². The number of imidazole rings is 1. The van der Waals surface area contributed by atoms with Crippen LogP contribution in [0.2, 0.25) is 0 Å². The number of fused-ring (bicyclic) bond motifs is 1. The summed E-state index contributed by atoms with van der Waals surface area (Å²) in [5.74, 6) is -0.622. The second-order valence-corrected chi connectivity index (χ2v) is 8.22. The zero-order valence-corrected chi connectivity index (χ0v) is 17.6. The number of hydrogen-bond donors (Lipinski definition) is 3. The van der Waals surface area contributed by atoms with Crippen LogP contribution in [0.1, 0.15) is 43.0 Å². The number of aromatic nitrogens is 2. The van der Waals surface area contributed by atoms with Crippen molar-refractivity contribution in [2.45, 2.75) is 38.6 Å². The first-order chi connectivity index (χ1) is 14.5. The van der Waals surface area contributed by atoms with Gasteiger partial charge < -0.3 is 24.8 Å². The number of nitrogens with one attached hydrogen (secondary N) is 2.